The second-order valence-electron chi connectivity index (χ2n) is 17.0. The molecule has 1 nitrogen and oxygen atoms in total. The molecular weight excluding hydrogens is 747 g/mol. The van der Waals surface area contributed by atoms with E-state index in [1.54, 1.807) is 0 Å². The molecule has 0 amide bonds. The summed E-state index contributed by atoms with van der Waals surface area (Å²) in [5.74, 6) is 0.631. The molecule has 0 aromatic heterocycles. The van der Waals surface area contributed by atoms with Crippen molar-refractivity contribution in [2.24, 2.45) is 0 Å². The Balaban J connectivity index is 1.14. The summed E-state index contributed by atoms with van der Waals surface area (Å²) < 4.78 is 0. The Morgan fingerprint density at radius 2 is 0.806 bits per heavy atom. The van der Waals surface area contributed by atoms with E-state index in [0.717, 1.165) is 17.1 Å². The van der Waals surface area contributed by atoms with Crippen LogP contribution >= 0.6 is 0 Å². The molecule has 11 rings (SSSR count). The molecule has 0 radical (unpaired) electrons. The van der Waals surface area contributed by atoms with Gasteiger partial charge in [0.05, 0.1) is 11.1 Å². The van der Waals surface area contributed by atoms with Crippen LogP contribution in [0.3, 0.4) is 0 Å². The fourth-order valence-electron chi connectivity index (χ4n) is 10.8. The minimum atomic E-state index is -0.506. The summed E-state index contributed by atoms with van der Waals surface area (Å²) in [6, 6.07) is 85.7. The van der Waals surface area contributed by atoms with E-state index in [1.807, 2.05) is 0 Å². The molecular formula is C61H49N. The lowest BCUT2D eigenvalue weighted by Crippen LogP contribution is -2.28. The highest BCUT2D eigenvalue weighted by Crippen LogP contribution is 2.57. The normalized spacial score (nSPS) is 14.2. The van der Waals surface area contributed by atoms with E-state index in [-0.39, 0.29) is 0 Å². The van der Waals surface area contributed by atoms with Gasteiger partial charge in [0, 0.05) is 16.9 Å². The minimum Gasteiger partial charge on any atom is -0.310 e. The lowest BCUT2D eigenvalue weighted by Gasteiger charge is -2.35. The van der Waals surface area contributed by atoms with Gasteiger partial charge in [0.2, 0.25) is 0 Å². The lowest BCUT2D eigenvalue weighted by atomic mass is 9.67. The first-order valence-electron chi connectivity index (χ1n) is 22.4. The molecule has 1 saturated carbocycles. The highest BCUT2D eigenvalue weighted by atomic mass is 15.1. The number of para-hydroxylation sites is 1. The monoisotopic (exact) mass is 795 g/mol. The third kappa shape index (κ3) is 6.48. The smallest absolute Gasteiger partial charge is 0.0714 e. The van der Waals surface area contributed by atoms with Gasteiger partial charge in [0.25, 0.3) is 0 Å². The Hall–Kier alpha value is -7.22. The van der Waals surface area contributed by atoms with Crippen LogP contribution < -0.4 is 4.90 Å². The number of hydrogen-bond donors (Lipinski definition) is 0. The maximum absolute atomic E-state index is 2.52. The quantitative estimate of drug-likeness (QED) is 0.141. The van der Waals surface area contributed by atoms with Crippen LogP contribution in [0, 0.1) is 0 Å². The Bertz CT molecular complexity index is 2940. The van der Waals surface area contributed by atoms with E-state index in [9.17, 15) is 0 Å². The van der Waals surface area contributed by atoms with Crippen LogP contribution in [0.5, 0.6) is 0 Å². The van der Waals surface area contributed by atoms with Gasteiger partial charge >= 0.3 is 0 Å². The Morgan fingerprint density at radius 1 is 0.339 bits per heavy atom. The molecule has 0 heterocycles. The van der Waals surface area contributed by atoms with Crippen molar-refractivity contribution in [2.45, 2.75) is 43.4 Å². The van der Waals surface area contributed by atoms with Crippen LogP contribution in [0.2, 0.25) is 0 Å². The van der Waals surface area contributed by atoms with E-state index in [4.69, 9.17) is 0 Å². The predicted molar refractivity (Wildman–Crippen MR) is 261 cm³/mol. The van der Waals surface area contributed by atoms with E-state index in [2.05, 4.69) is 235 Å². The van der Waals surface area contributed by atoms with Crippen molar-refractivity contribution < 1.29 is 0 Å². The Kier molecular flexibility index (Phi) is 9.94. The molecule has 0 saturated heterocycles. The molecule has 0 aliphatic heterocycles. The summed E-state index contributed by atoms with van der Waals surface area (Å²) >= 11 is 0. The standard InChI is InChI=1S/C61H49N/c1-5-21-44(22-6-1)45-37-39-49(40-38-45)62(60-36-20-18-34-57(60)54-32-16-15-31-53(54)52-30-14-13-29-51(52)46-23-7-2-8-24-46)50-41-42-56-55-33-17-19-35-58(55)61(59(56)43-50,47-25-9-3-10-26-47)48-27-11-4-12-28-48/h2-4,7-20,23-44H,1,5-6,21-22H2. The van der Waals surface area contributed by atoms with Crippen molar-refractivity contribution in [2.75, 3.05) is 4.90 Å². The average Bonchev–Trinajstić information content (AvgIpc) is 3.66. The number of benzene rings is 9. The molecule has 9 aromatic carbocycles. The molecule has 62 heavy (non-hydrogen) atoms. The van der Waals surface area contributed by atoms with Crippen LogP contribution in [0.1, 0.15) is 65.8 Å². The van der Waals surface area contributed by atoms with E-state index in [1.165, 1.54) is 104 Å². The maximum atomic E-state index is 2.52. The van der Waals surface area contributed by atoms with Gasteiger partial charge < -0.3 is 4.90 Å². The number of nitrogens with zero attached hydrogens (tertiary/aromatic N) is 1. The number of rotatable bonds is 9. The Labute approximate surface area is 366 Å². The third-order valence-electron chi connectivity index (χ3n) is 13.6. The van der Waals surface area contributed by atoms with Gasteiger partial charge in [0.1, 0.15) is 0 Å². The van der Waals surface area contributed by atoms with E-state index < -0.39 is 5.41 Å². The van der Waals surface area contributed by atoms with Gasteiger partial charge in [-0.1, -0.05) is 219 Å². The summed E-state index contributed by atoms with van der Waals surface area (Å²) in [5, 5.41) is 0. The molecule has 0 N–H and O–H groups in total. The number of fused-ring (bicyclic) bond motifs is 3. The molecule has 2 aliphatic carbocycles. The van der Waals surface area contributed by atoms with E-state index >= 15 is 0 Å². The van der Waals surface area contributed by atoms with E-state index in [0.29, 0.717) is 5.92 Å². The van der Waals surface area contributed by atoms with Gasteiger partial charge in [-0.3, -0.25) is 0 Å². The van der Waals surface area contributed by atoms with Crippen LogP contribution in [-0.4, -0.2) is 0 Å². The molecule has 9 aromatic rings. The first-order valence-corrected chi connectivity index (χ1v) is 22.4. The topological polar surface area (TPSA) is 3.24 Å². The van der Waals surface area contributed by atoms with Crippen LogP contribution in [0.25, 0.3) is 44.5 Å². The van der Waals surface area contributed by atoms with Crippen molar-refractivity contribution in [3.05, 3.63) is 258 Å². The second kappa shape index (κ2) is 16.3. The van der Waals surface area contributed by atoms with Crippen molar-refractivity contribution in [1.82, 2.24) is 0 Å². The van der Waals surface area contributed by atoms with Crippen LogP contribution in [0.15, 0.2) is 231 Å². The molecule has 0 atom stereocenters. The Morgan fingerprint density at radius 3 is 1.45 bits per heavy atom. The molecule has 298 valence electrons. The molecule has 1 heteroatoms. The molecule has 0 unspecified atom stereocenters. The number of anilines is 3. The van der Waals surface area contributed by atoms with Gasteiger partial charge in [0.15, 0.2) is 0 Å². The first kappa shape index (κ1) is 37.8. The SMILES string of the molecule is c1ccc(-c2ccccc2-c2ccccc2-c2ccccc2N(c2ccc(C3CCCCC3)cc2)c2ccc3c(c2)C(c2ccccc2)(c2ccccc2)c2ccccc2-3)cc1. The fraction of sp³-hybridized carbons (Fsp3) is 0.115. The summed E-state index contributed by atoms with van der Waals surface area (Å²) in [6.45, 7) is 0. The molecule has 2 aliphatic rings. The van der Waals surface area contributed by atoms with Gasteiger partial charge in [-0.2, -0.15) is 0 Å². The van der Waals surface area contributed by atoms with Gasteiger partial charge in [-0.15, -0.1) is 0 Å². The third-order valence-corrected chi connectivity index (χ3v) is 13.6. The summed E-state index contributed by atoms with van der Waals surface area (Å²) in [6.07, 6.45) is 6.55. The predicted octanol–water partition coefficient (Wildman–Crippen LogP) is 16.6. The van der Waals surface area contributed by atoms with Crippen molar-refractivity contribution >= 4 is 17.1 Å². The zero-order chi connectivity index (χ0) is 41.3. The summed E-state index contributed by atoms with van der Waals surface area (Å²) in [5.41, 5.74) is 19.4. The molecule has 0 spiro atoms. The highest BCUT2D eigenvalue weighted by molar-refractivity contribution is 5.98. The summed E-state index contributed by atoms with van der Waals surface area (Å²) in [7, 11) is 0. The zero-order valence-electron chi connectivity index (χ0n) is 35.0. The summed E-state index contributed by atoms with van der Waals surface area (Å²) in [4.78, 5) is 2.52. The molecule has 1 fully saturated rings. The largest absolute Gasteiger partial charge is 0.310 e. The van der Waals surface area contributed by atoms with Gasteiger partial charge in [-0.05, 0) is 116 Å². The number of hydrogen-bond acceptors (Lipinski definition) is 1. The maximum Gasteiger partial charge on any atom is 0.0714 e. The first-order chi connectivity index (χ1) is 30.8. The fourth-order valence-corrected chi connectivity index (χ4v) is 10.8. The minimum absolute atomic E-state index is 0.506. The van der Waals surface area contributed by atoms with Crippen LogP contribution in [0.4, 0.5) is 17.1 Å². The average molecular weight is 796 g/mol. The second-order valence-corrected chi connectivity index (χ2v) is 17.0. The van der Waals surface area contributed by atoms with Crippen LogP contribution in [-0.2, 0) is 5.41 Å². The zero-order valence-corrected chi connectivity index (χ0v) is 35.0. The van der Waals surface area contributed by atoms with Crippen molar-refractivity contribution in [3.63, 3.8) is 0 Å². The molecule has 0 bridgehead atoms. The van der Waals surface area contributed by atoms with Crippen molar-refractivity contribution in [1.29, 1.82) is 0 Å². The highest BCUT2D eigenvalue weighted by Gasteiger charge is 2.46. The van der Waals surface area contributed by atoms with Gasteiger partial charge in [-0.25, -0.2) is 0 Å². The lowest BCUT2D eigenvalue weighted by molar-refractivity contribution is 0.443. The van der Waals surface area contributed by atoms with Crippen molar-refractivity contribution in [3.8, 4) is 44.5 Å².